The molecule has 1 heterocycles. The normalized spacial score (nSPS) is 22.8. The average Bonchev–Trinajstić information content (AvgIpc) is 2.86. The van der Waals surface area contributed by atoms with E-state index in [2.05, 4.69) is 30.4 Å². The summed E-state index contributed by atoms with van der Waals surface area (Å²) >= 11 is 0. The minimum atomic E-state index is 0.541. The largest absolute Gasteiger partial charge is 0.312 e. The van der Waals surface area contributed by atoms with Crippen LogP contribution < -0.4 is 5.32 Å². The standard InChI is InChI=1S/C12H15N/c1-9-3-2-4-10-7-13-8-12(5-6-12)11(9)10/h2-4,13H,5-8H2,1H3. The Hall–Kier alpha value is -0.820. The first kappa shape index (κ1) is 7.57. The van der Waals surface area contributed by atoms with Crippen molar-refractivity contribution in [3.8, 4) is 0 Å². The highest BCUT2D eigenvalue weighted by Gasteiger charge is 2.47. The van der Waals surface area contributed by atoms with Crippen LogP contribution in [0.2, 0.25) is 0 Å². The Morgan fingerprint density at radius 1 is 1.31 bits per heavy atom. The summed E-state index contributed by atoms with van der Waals surface area (Å²) < 4.78 is 0. The Labute approximate surface area is 79.2 Å². The van der Waals surface area contributed by atoms with Gasteiger partial charge in [-0.05, 0) is 36.5 Å². The van der Waals surface area contributed by atoms with Crippen molar-refractivity contribution in [3.05, 3.63) is 34.9 Å². The molecule has 0 aromatic heterocycles. The topological polar surface area (TPSA) is 12.0 Å². The first-order valence-corrected chi connectivity index (χ1v) is 5.12. The van der Waals surface area contributed by atoms with Gasteiger partial charge in [0.05, 0.1) is 0 Å². The Kier molecular flexibility index (Phi) is 1.37. The molecule has 3 rings (SSSR count). The quantitative estimate of drug-likeness (QED) is 0.633. The van der Waals surface area contributed by atoms with E-state index in [4.69, 9.17) is 0 Å². The SMILES string of the molecule is Cc1cccc2c1C1(CC1)CNC2. The van der Waals surface area contributed by atoms with Gasteiger partial charge < -0.3 is 5.32 Å². The summed E-state index contributed by atoms with van der Waals surface area (Å²) in [6.07, 6.45) is 2.77. The van der Waals surface area contributed by atoms with Gasteiger partial charge in [0.25, 0.3) is 0 Å². The van der Waals surface area contributed by atoms with E-state index in [1.54, 1.807) is 5.56 Å². The summed E-state index contributed by atoms with van der Waals surface area (Å²) in [4.78, 5) is 0. The van der Waals surface area contributed by atoms with Gasteiger partial charge in [0, 0.05) is 18.5 Å². The van der Waals surface area contributed by atoms with Gasteiger partial charge in [0.15, 0.2) is 0 Å². The predicted molar refractivity (Wildman–Crippen MR) is 53.8 cm³/mol. The third-order valence-corrected chi connectivity index (χ3v) is 3.52. The molecule has 1 nitrogen and oxygen atoms in total. The van der Waals surface area contributed by atoms with Crippen LogP contribution in [0.25, 0.3) is 0 Å². The lowest BCUT2D eigenvalue weighted by atomic mass is 9.85. The van der Waals surface area contributed by atoms with Crippen molar-refractivity contribution in [3.63, 3.8) is 0 Å². The van der Waals surface area contributed by atoms with Crippen molar-refractivity contribution in [2.24, 2.45) is 0 Å². The van der Waals surface area contributed by atoms with Crippen LogP contribution in [0.5, 0.6) is 0 Å². The van der Waals surface area contributed by atoms with E-state index in [-0.39, 0.29) is 0 Å². The first-order chi connectivity index (χ1) is 6.32. The summed E-state index contributed by atoms with van der Waals surface area (Å²) in [5.74, 6) is 0. The number of hydrogen-bond acceptors (Lipinski definition) is 1. The van der Waals surface area contributed by atoms with Crippen LogP contribution in [0, 0.1) is 6.92 Å². The molecule has 13 heavy (non-hydrogen) atoms. The molecule has 0 unspecified atom stereocenters. The molecule has 0 amide bonds. The average molecular weight is 173 g/mol. The molecular formula is C12H15N. The van der Waals surface area contributed by atoms with Crippen molar-refractivity contribution >= 4 is 0 Å². The van der Waals surface area contributed by atoms with Crippen LogP contribution >= 0.6 is 0 Å². The Morgan fingerprint density at radius 2 is 2.15 bits per heavy atom. The highest BCUT2D eigenvalue weighted by molar-refractivity contribution is 5.46. The zero-order valence-corrected chi connectivity index (χ0v) is 8.06. The smallest absolute Gasteiger partial charge is 0.0208 e. The monoisotopic (exact) mass is 173 g/mol. The first-order valence-electron chi connectivity index (χ1n) is 5.12. The molecule has 1 aromatic rings. The van der Waals surface area contributed by atoms with Gasteiger partial charge in [-0.25, -0.2) is 0 Å². The molecule has 1 fully saturated rings. The Morgan fingerprint density at radius 3 is 2.92 bits per heavy atom. The molecule has 1 N–H and O–H groups in total. The number of aryl methyl sites for hydroxylation is 1. The van der Waals surface area contributed by atoms with Gasteiger partial charge in [-0.1, -0.05) is 18.2 Å². The van der Waals surface area contributed by atoms with Crippen LogP contribution in [-0.2, 0) is 12.0 Å². The second-order valence-electron chi connectivity index (χ2n) is 4.49. The molecule has 68 valence electrons. The Bertz CT molecular complexity index is 350. The van der Waals surface area contributed by atoms with Crippen LogP contribution in [0.3, 0.4) is 0 Å². The number of nitrogens with one attached hydrogen (secondary N) is 1. The highest BCUT2D eigenvalue weighted by atomic mass is 14.9. The van der Waals surface area contributed by atoms with Crippen LogP contribution in [0.15, 0.2) is 18.2 Å². The van der Waals surface area contributed by atoms with E-state index in [1.165, 1.54) is 30.5 Å². The van der Waals surface area contributed by atoms with Crippen molar-refractivity contribution in [1.82, 2.24) is 5.32 Å². The lowest BCUT2D eigenvalue weighted by molar-refractivity contribution is 0.528. The van der Waals surface area contributed by atoms with E-state index in [0.29, 0.717) is 5.41 Å². The van der Waals surface area contributed by atoms with Crippen LogP contribution in [0.1, 0.15) is 29.5 Å². The lowest BCUT2D eigenvalue weighted by Gasteiger charge is -2.27. The molecule has 0 bridgehead atoms. The van der Waals surface area contributed by atoms with Crippen molar-refractivity contribution in [2.75, 3.05) is 6.54 Å². The van der Waals surface area contributed by atoms with E-state index in [1.807, 2.05) is 0 Å². The van der Waals surface area contributed by atoms with Gasteiger partial charge in [0.1, 0.15) is 0 Å². The highest BCUT2D eigenvalue weighted by Crippen LogP contribution is 2.51. The second kappa shape index (κ2) is 2.36. The van der Waals surface area contributed by atoms with Crippen molar-refractivity contribution in [1.29, 1.82) is 0 Å². The van der Waals surface area contributed by atoms with Gasteiger partial charge >= 0.3 is 0 Å². The number of benzene rings is 1. The summed E-state index contributed by atoms with van der Waals surface area (Å²) in [5.41, 5.74) is 5.23. The fourth-order valence-electron chi connectivity index (χ4n) is 2.74. The summed E-state index contributed by atoms with van der Waals surface area (Å²) in [6.45, 7) is 4.52. The van der Waals surface area contributed by atoms with Gasteiger partial charge in [-0.15, -0.1) is 0 Å². The zero-order chi connectivity index (χ0) is 8.89. The van der Waals surface area contributed by atoms with Gasteiger partial charge in [-0.2, -0.15) is 0 Å². The minimum Gasteiger partial charge on any atom is -0.312 e. The maximum Gasteiger partial charge on any atom is 0.0208 e. The summed E-state index contributed by atoms with van der Waals surface area (Å²) in [6, 6.07) is 6.70. The number of hydrogen-bond donors (Lipinski definition) is 1. The van der Waals surface area contributed by atoms with Crippen molar-refractivity contribution < 1.29 is 0 Å². The lowest BCUT2D eigenvalue weighted by Crippen LogP contribution is -2.33. The molecule has 1 aliphatic carbocycles. The number of rotatable bonds is 0. The summed E-state index contributed by atoms with van der Waals surface area (Å²) in [7, 11) is 0. The molecule has 0 atom stereocenters. The second-order valence-corrected chi connectivity index (χ2v) is 4.49. The molecule has 1 aromatic carbocycles. The van der Waals surface area contributed by atoms with Crippen molar-refractivity contribution in [2.45, 2.75) is 31.7 Å². The fraction of sp³-hybridized carbons (Fsp3) is 0.500. The zero-order valence-electron chi connectivity index (χ0n) is 8.06. The third kappa shape index (κ3) is 0.969. The molecule has 1 heteroatoms. The van der Waals surface area contributed by atoms with Crippen LogP contribution in [0.4, 0.5) is 0 Å². The predicted octanol–water partition coefficient (Wildman–Crippen LogP) is 2.13. The third-order valence-electron chi connectivity index (χ3n) is 3.52. The Balaban J connectivity index is 2.21. The molecule has 2 aliphatic rings. The van der Waals surface area contributed by atoms with E-state index >= 15 is 0 Å². The maximum atomic E-state index is 3.52. The van der Waals surface area contributed by atoms with Crippen LogP contribution in [-0.4, -0.2) is 6.54 Å². The van der Waals surface area contributed by atoms with E-state index < -0.39 is 0 Å². The molecule has 0 saturated heterocycles. The summed E-state index contributed by atoms with van der Waals surface area (Å²) in [5, 5.41) is 3.52. The molecule has 1 saturated carbocycles. The van der Waals surface area contributed by atoms with Gasteiger partial charge in [-0.3, -0.25) is 0 Å². The van der Waals surface area contributed by atoms with Gasteiger partial charge in [0.2, 0.25) is 0 Å². The van der Waals surface area contributed by atoms with E-state index in [0.717, 1.165) is 6.54 Å². The minimum absolute atomic E-state index is 0.541. The molecule has 0 radical (unpaired) electrons. The maximum absolute atomic E-state index is 3.52. The molecule has 1 spiro atoms. The number of fused-ring (bicyclic) bond motifs is 2. The fourth-order valence-corrected chi connectivity index (χ4v) is 2.74. The molecular weight excluding hydrogens is 158 g/mol. The molecule has 1 aliphatic heterocycles. The van der Waals surface area contributed by atoms with E-state index in [9.17, 15) is 0 Å².